The maximum atomic E-state index is 6.58. The molecule has 0 saturated carbocycles. The summed E-state index contributed by atoms with van der Waals surface area (Å²) in [7, 11) is 0. The SMILES string of the molecule is c1ccc2c(c1)oc1c3oc4ccccc4n4c5ccccc5oc(c5oc6ccccc6n2c15)c34. The predicted octanol–water partition coefficient (Wildman–Crippen LogP) is 8.61. The molecule has 0 amide bonds. The van der Waals surface area contributed by atoms with E-state index >= 15 is 0 Å². The van der Waals surface area contributed by atoms with Gasteiger partial charge in [-0.2, -0.15) is 0 Å². The molecule has 6 heteroatoms. The molecule has 9 rings (SSSR count). The summed E-state index contributed by atoms with van der Waals surface area (Å²) in [5.41, 5.74) is 10.6. The zero-order chi connectivity index (χ0) is 23.4. The Bertz CT molecular complexity index is 2060. The van der Waals surface area contributed by atoms with E-state index in [9.17, 15) is 0 Å². The zero-order valence-electron chi connectivity index (χ0n) is 18.8. The first-order chi connectivity index (χ1) is 17.9. The molecular formula is C30H16N2O4. The lowest BCUT2D eigenvalue weighted by atomic mass is 10.1. The molecule has 5 aromatic carbocycles. The molecule has 0 N–H and O–H groups in total. The zero-order valence-corrected chi connectivity index (χ0v) is 18.8. The van der Waals surface area contributed by atoms with Crippen LogP contribution in [-0.2, 0) is 0 Å². The van der Waals surface area contributed by atoms with Crippen molar-refractivity contribution in [2.24, 2.45) is 0 Å². The first-order valence-electron chi connectivity index (χ1n) is 11.8. The maximum absolute atomic E-state index is 6.58. The smallest absolute Gasteiger partial charge is 0.200 e. The van der Waals surface area contributed by atoms with E-state index in [-0.39, 0.29) is 0 Å². The van der Waals surface area contributed by atoms with Gasteiger partial charge in [-0.1, -0.05) is 48.5 Å². The van der Waals surface area contributed by atoms with Gasteiger partial charge < -0.3 is 17.7 Å². The van der Waals surface area contributed by atoms with Gasteiger partial charge >= 0.3 is 0 Å². The standard InChI is InChI=1S/C30H16N2O4/c1-5-13-21-17(9-1)31-18-10-2-6-14-22(18)34-28-25(31)27(33-21)29-26-30(28)36-24-16-8-4-12-20(24)32(26)19-11-3-7-15-23(19)35-29/h1-16H. The van der Waals surface area contributed by atoms with Crippen molar-refractivity contribution in [3.63, 3.8) is 0 Å². The molecule has 4 heterocycles. The first kappa shape index (κ1) is 18.3. The van der Waals surface area contributed by atoms with Crippen molar-refractivity contribution in [1.82, 2.24) is 8.80 Å². The van der Waals surface area contributed by atoms with Crippen LogP contribution in [0.1, 0.15) is 0 Å². The first-order valence-corrected chi connectivity index (χ1v) is 11.8. The van der Waals surface area contributed by atoms with E-state index in [1.165, 1.54) is 0 Å². The van der Waals surface area contributed by atoms with E-state index in [1.807, 2.05) is 97.1 Å². The molecule has 0 bridgehead atoms. The van der Waals surface area contributed by atoms with Crippen molar-refractivity contribution in [2.75, 3.05) is 0 Å². The third-order valence-electron chi connectivity index (χ3n) is 6.99. The summed E-state index contributed by atoms with van der Waals surface area (Å²) in [6, 6.07) is 32.0. The van der Waals surface area contributed by atoms with Gasteiger partial charge in [-0.15, -0.1) is 0 Å². The molecule has 6 nitrogen and oxygen atoms in total. The maximum Gasteiger partial charge on any atom is 0.200 e. The largest absolute Gasteiger partial charge is 0.449 e. The average molecular weight is 468 g/mol. The highest BCUT2D eigenvalue weighted by Crippen LogP contribution is 2.42. The van der Waals surface area contributed by atoms with Crippen LogP contribution in [0.4, 0.5) is 0 Å². The second-order valence-corrected chi connectivity index (χ2v) is 8.96. The molecule has 0 atom stereocenters. The van der Waals surface area contributed by atoms with Crippen LogP contribution in [0.2, 0.25) is 0 Å². The molecule has 170 valence electrons. The van der Waals surface area contributed by atoms with Crippen molar-refractivity contribution in [1.29, 1.82) is 0 Å². The number of nitrogens with zero attached hydrogens (tertiary/aromatic N) is 2. The quantitative estimate of drug-likeness (QED) is 0.165. The molecule has 0 aliphatic heterocycles. The summed E-state index contributed by atoms with van der Waals surface area (Å²) < 4.78 is 30.7. The van der Waals surface area contributed by atoms with Gasteiger partial charge in [-0.05, 0) is 48.5 Å². The predicted molar refractivity (Wildman–Crippen MR) is 140 cm³/mol. The third kappa shape index (κ3) is 2.12. The van der Waals surface area contributed by atoms with Gasteiger partial charge in [0.05, 0.1) is 22.1 Å². The summed E-state index contributed by atoms with van der Waals surface area (Å²) in [4.78, 5) is 0. The minimum Gasteiger partial charge on any atom is -0.449 e. The van der Waals surface area contributed by atoms with Gasteiger partial charge in [0.25, 0.3) is 0 Å². The molecule has 0 spiro atoms. The van der Waals surface area contributed by atoms with E-state index in [1.54, 1.807) is 0 Å². The Labute approximate surface area is 201 Å². The number of hydrogen-bond donors (Lipinski definition) is 0. The highest BCUT2D eigenvalue weighted by molar-refractivity contribution is 6.20. The van der Waals surface area contributed by atoms with E-state index in [0.717, 1.165) is 55.4 Å². The number of para-hydroxylation sites is 8. The summed E-state index contributed by atoms with van der Waals surface area (Å²) in [5, 5.41) is 0. The van der Waals surface area contributed by atoms with E-state index < -0.39 is 0 Å². The highest BCUT2D eigenvalue weighted by Gasteiger charge is 2.25. The summed E-state index contributed by atoms with van der Waals surface area (Å²) in [6.45, 7) is 0. The van der Waals surface area contributed by atoms with Crippen LogP contribution in [0.25, 0.3) is 77.8 Å². The van der Waals surface area contributed by atoms with Crippen molar-refractivity contribution in [3.8, 4) is 0 Å². The Hall–Kier alpha value is -5.10. The molecular weight excluding hydrogens is 452 g/mol. The Morgan fingerprint density at radius 2 is 0.583 bits per heavy atom. The topological polar surface area (TPSA) is 61.4 Å². The van der Waals surface area contributed by atoms with Crippen LogP contribution >= 0.6 is 0 Å². The molecule has 0 fully saturated rings. The van der Waals surface area contributed by atoms with Gasteiger partial charge in [0, 0.05) is 0 Å². The summed E-state index contributed by atoms with van der Waals surface area (Å²) >= 11 is 0. The molecule has 0 radical (unpaired) electrons. The molecule has 0 saturated heterocycles. The molecule has 0 aliphatic carbocycles. The normalized spacial score (nSPS) is 12.4. The lowest BCUT2D eigenvalue weighted by molar-refractivity contribution is 0.597. The fourth-order valence-corrected chi connectivity index (χ4v) is 5.52. The fourth-order valence-electron chi connectivity index (χ4n) is 5.52. The second kappa shape index (κ2) is 6.31. The van der Waals surface area contributed by atoms with E-state index in [2.05, 4.69) is 8.80 Å². The summed E-state index contributed by atoms with van der Waals surface area (Å²) in [6.07, 6.45) is 0. The molecule has 0 aliphatic rings. The monoisotopic (exact) mass is 468 g/mol. The number of hydrogen-bond acceptors (Lipinski definition) is 4. The van der Waals surface area contributed by atoms with Crippen LogP contribution in [0.15, 0.2) is 115 Å². The van der Waals surface area contributed by atoms with Gasteiger partial charge in [0.1, 0.15) is 11.0 Å². The van der Waals surface area contributed by atoms with Crippen LogP contribution < -0.4 is 0 Å². The van der Waals surface area contributed by atoms with Crippen LogP contribution in [0.3, 0.4) is 0 Å². The highest BCUT2D eigenvalue weighted by atomic mass is 16.4. The Morgan fingerprint density at radius 1 is 0.333 bits per heavy atom. The Morgan fingerprint density at radius 3 is 0.861 bits per heavy atom. The number of aromatic nitrogens is 2. The van der Waals surface area contributed by atoms with Crippen LogP contribution in [0, 0.1) is 0 Å². The van der Waals surface area contributed by atoms with Crippen LogP contribution in [-0.4, -0.2) is 8.80 Å². The number of rotatable bonds is 0. The minimum absolute atomic E-state index is 0.597. The lowest BCUT2D eigenvalue weighted by Crippen LogP contribution is -2.01. The lowest BCUT2D eigenvalue weighted by Gasteiger charge is -2.18. The average Bonchev–Trinajstić information content (AvgIpc) is 2.94. The van der Waals surface area contributed by atoms with Gasteiger partial charge in [0.15, 0.2) is 44.7 Å². The van der Waals surface area contributed by atoms with Gasteiger partial charge in [-0.25, -0.2) is 0 Å². The van der Waals surface area contributed by atoms with E-state index in [4.69, 9.17) is 17.7 Å². The molecule has 9 aromatic rings. The van der Waals surface area contributed by atoms with Crippen molar-refractivity contribution in [3.05, 3.63) is 97.1 Å². The molecule has 4 aromatic heterocycles. The third-order valence-corrected chi connectivity index (χ3v) is 6.99. The number of fused-ring (bicyclic) bond motifs is 10. The second-order valence-electron chi connectivity index (χ2n) is 8.96. The van der Waals surface area contributed by atoms with E-state index in [0.29, 0.717) is 22.3 Å². The van der Waals surface area contributed by atoms with Crippen LogP contribution in [0.5, 0.6) is 0 Å². The summed E-state index contributed by atoms with van der Waals surface area (Å²) in [5.74, 6) is 0. The molecule has 36 heavy (non-hydrogen) atoms. The van der Waals surface area contributed by atoms with Crippen molar-refractivity contribution in [2.45, 2.75) is 0 Å². The van der Waals surface area contributed by atoms with Crippen molar-refractivity contribution >= 4 is 77.8 Å². The number of benzene rings is 5. The van der Waals surface area contributed by atoms with Crippen molar-refractivity contribution < 1.29 is 17.7 Å². The molecule has 0 unspecified atom stereocenters. The Balaban J connectivity index is 1.75. The fraction of sp³-hybridized carbons (Fsp3) is 0. The van der Waals surface area contributed by atoms with Gasteiger partial charge in [0.2, 0.25) is 0 Å². The minimum atomic E-state index is 0.597. The Kier molecular flexibility index (Phi) is 3.20. The van der Waals surface area contributed by atoms with Gasteiger partial charge in [-0.3, -0.25) is 8.80 Å².